The van der Waals surface area contributed by atoms with Gasteiger partial charge in [-0.1, -0.05) is 27.5 Å². The number of nitrogens with one attached hydrogen (secondary N) is 1. The van der Waals surface area contributed by atoms with Crippen LogP contribution in [0.5, 0.6) is 0 Å². The summed E-state index contributed by atoms with van der Waals surface area (Å²) in [4.78, 5) is 11.1. The molecule has 0 saturated heterocycles. The van der Waals surface area contributed by atoms with Gasteiger partial charge in [-0.3, -0.25) is 4.79 Å². The summed E-state index contributed by atoms with van der Waals surface area (Å²) in [6.45, 7) is 0.447. The van der Waals surface area contributed by atoms with Gasteiger partial charge in [0, 0.05) is 21.7 Å². The zero-order chi connectivity index (χ0) is 14.7. The van der Waals surface area contributed by atoms with Crippen LogP contribution in [0.3, 0.4) is 0 Å². The summed E-state index contributed by atoms with van der Waals surface area (Å²) in [5.41, 5.74) is 6.43. The molecule has 3 N–H and O–H groups in total. The van der Waals surface area contributed by atoms with Crippen molar-refractivity contribution in [3.8, 4) is 0 Å². The van der Waals surface area contributed by atoms with Crippen LogP contribution in [0.25, 0.3) is 0 Å². The average molecular weight is 358 g/mol. The van der Waals surface area contributed by atoms with Crippen LogP contribution in [-0.2, 0) is 6.54 Å². The third-order valence-corrected chi connectivity index (χ3v) is 3.58. The minimum Gasteiger partial charge on any atom is -0.381 e. The van der Waals surface area contributed by atoms with Crippen molar-refractivity contribution in [2.24, 2.45) is 5.73 Å². The van der Waals surface area contributed by atoms with Gasteiger partial charge in [0.05, 0.1) is 5.56 Å². The molecule has 1 amide bonds. The molecular formula is C14H11BrClFN2O. The van der Waals surface area contributed by atoms with Crippen LogP contribution in [0.15, 0.2) is 40.9 Å². The number of hydrogen-bond acceptors (Lipinski definition) is 2. The maximum Gasteiger partial charge on any atom is 0.251 e. The highest BCUT2D eigenvalue weighted by atomic mass is 79.9. The lowest BCUT2D eigenvalue weighted by Gasteiger charge is -2.10. The number of primary amides is 1. The van der Waals surface area contributed by atoms with Crippen molar-refractivity contribution in [2.75, 3.05) is 5.32 Å². The Kier molecular flexibility index (Phi) is 4.62. The van der Waals surface area contributed by atoms with Gasteiger partial charge < -0.3 is 11.1 Å². The Bertz CT molecular complexity index is 664. The number of rotatable bonds is 4. The second-order valence-electron chi connectivity index (χ2n) is 4.15. The van der Waals surface area contributed by atoms with Gasteiger partial charge in [0.1, 0.15) is 5.82 Å². The van der Waals surface area contributed by atoms with E-state index in [0.717, 1.165) is 10.0 Å². The molecule has 2 rings (SSSR count). The molecule has 2 aromatic rings. The van der Waals surface area contributed by atoms with E-state index in [2.05, 4.69) is 21.2 Å². The Morgan fingerprint density at radius 2 is 2.05 bits per heavy atom. The molecule has 0 unspecified atom stereocenters. The van der Waals surface area contributed by atoms with Gasteiger partial charge in [-0.2, -0.15) is 0 Å². The summed E-state index contributed by atoms with van der Waals surface area (Å²) in [7, 11) is 0. The van der Waals surface area contributed by atoms with Crippen LogP contribution in [-0.4, -0.2) is 5.91 Å². The fraction of sp³-hybridized carbons (Fsp3) is 0.0714. The van der Waals surface area contributed by atoms with Crippen LogP contribution >= 0.6 is 27.5 Å². The van der Waals surface area contributed by atoms with E-state index in [1.807, 2.05) is 12.1 Å². The summed E-state index contributed by atoms with van der Waals surface area (Å²) >= 11 is 9.44. The topological polar surface area (TPSA) is 55.1 Å². The Morgan fingerprint density at radius 3 is 2.75 bits per heavy atom. The fourth-order valence-electron chi connectivity index (χ4n) is 1.70. The van der Waals surface area contributed by atoms with Gasteiger partial charge in [0.15, 0.2) is 0 Å². The van der Waals surface area contributed by atoms with E-state index in [4.69, 9.17) is 17.3 Å². The number of benzene rings is 2. The molecule has 0 bridgehead atoms. The standard InChI is InChI=1S/C14H11BrClFN2O/c15-9-1-3-12(16)8(5-9)7-19-10-2-4-13(17)11(6-10)14(18)20/h1-6,19H,7H2,(H2,18,20). The molecule has 0 saturated carbocycles. The van der Waals surface area contributed by atoms with Gasteiger partial charge >= 0.3 is 0 Å². The Hall–Kier alpha value is -1.59. The molecule has 0 aromatic heterocycles. The largest absolute Gasteiger partial charge is 0.381 e. The molecule has 0 spiro atoms. The Morgan fingerprint density at radius 1 is 1.30 bits per heavy atom. The van der Waals surface area contributed by atoms with Crippen molar-refractivity contribution in [3.05, 3.63) is 62.8 Å². The SMILES string of the molecule is NC(=O)c1cc(NCc2cc(Br)ccc2Cl)ccc1F. The first-order valence-corrected chi connectivity index (χ1v) is 6.91. The van der Waals surface area contributed by atoms with E-state index in [1.54, 1.807) is 6.07 Å². The second kappa shape index (κ2) is 6.24. The fourth-order valence-corrected chi connectivity index (χ4v) is 2.29. The lowest BCUT2D eigenvalue weighted by molar-refractivity contribution is 0.0996. The summed E-state index contributed by atoms with van der Waals surface area (Å²) in [6.07, 6.45) is 0. The molecule has 0 atom stereocenters. The Labute approximate surface area is 129 Å². The molecule has 0 aliphatic carbocycles. The van der Waals surface area contributed by atoms with E-state index in [-0.39, 0.29) is 5.56 Å². The minimum absolute atomic E-state index is 0.143. The lowest BCUT2D eigenvalue weighted by atomic mass is 10.1. The average Bonchev–Trinajstić information content (AvgIpc) is 2.41. The van der Waals surface area contributed by atoms with Crippen molar-refractivity contribution in [2.45, 2.75) is 6.54 Å². The monoisotopic (exact) mass is 356 g/mol. The van der Waals surface area contributed by atoms with E-state index >= 15 is 0 Å². The first-order chi connectivity index (χ1) is 9.47. The zero-order valence-electron chi connectivity index (χ0n) is 10.3. The maximum absolute atomic E-state index is 13.3. The first-order valence-electron chi connectivity index (χ1n) is 5.74. The summed E-state index contributed by atoms with van der Waals surface area (Å²) in [6, 6.07) is 9.62. The number of carbonyl (C=O) groups excluding carboxylic acids is 1. The Balaban J connectivity index is 2.17. The number of anilines is 1. The summed E-state index contributed by atoms with van der Waals surface area (Å²) in [5.74, 6) is -1.44. The van der Waals surface area contributed by atoms with Crippen LogP contribution in [0.4, 0.5) is 10.1 Å². The van der Waals surface area contributed by atoms with Crippen LogP contribution in [0, 0.1) is 5.82 Å². The van der Waals surface area contributed by atoms with Gasteiger partial charge in [0.2, 0.25) is 0 Å². The van der Waals surface area contributed by atoms with Gasteiger partial charge in [-0.25, -0.2) is 4.39 Å². The summed E-state index contributed by atoms with van der Waals surface area (Å²) in [5, 5.41) is 3.69. The zero-order valence-corrected chi connectivity index (χ0v) is 12.6. The smallest absolute Gasteiger partial charge is 0.251 e. The quantitative estimate of drug-likeness (QED) is 0.870. The normalized spacial score (nSPS) is 10.3. The molecule has 0 aliphatic heterocycles. The van der Waals surface area contributed by atoms with Crippen molar-refractivity contribution in [3.63, 3.8) is 0 Å². The van der Waals surface area contributed by atoms with Crippen molar-refractivity contribution < 1.29 is 9.18 Å². The highest BCUT2D eigenvalue weighted by Gasteiger charge is 2.09. The molecule has 104 valence electrons. The van der Waals surface area contributed by atoms with E-state index in [0.29, 0.717) is 17.3 Å². The summed E-state index contributed by atoms with van der Waals surface area (Å²) < 4.78 is 14.3. The second-order valence-corrected chi connectivity index (χ2v) is 5.47. The molecule has 0 fully saturated rings. The van der Waals surface area contributed by atoms with Crippen molar-refractivity contribution in [1.29, 1.82) is 0 Å². The van der Waals surface area contributed by atoms with Crippen molar-refractivity contribution in [1.82, 2.24) is 0 Å². The molecule has 3 nitrogen and oxygen atoms in total. The van der Waals surface area contributed by atoms with Gasteiger partial charge in [-0.15, -0.1) is 0 Å². The van der Waals surface area contributed by atoms with E-state index < -0.39 is 11.7 Å². The molecule has 6 heteroatoms. The number of amides is 1. The maximum atomic E-state index is 13.3. The van der Waals surface area contributed by atoms with Gasteiger partial charge in [-0.05, 0) is 42.0 Å². The lowest BCUT2D eigenvalue weighted by Crippen LogP contribution is -2.13. The van der Waals surface area contributed by atoms with Crippen LogP contribution in [0.2, 0.25) is 5.02 Å². The van der Waals surface area contributed by atoms with Crippen LogP contribution in [0.1, 0.15) is 15.9 Å². The predicted molar refractivity (Wildman–Crippen MR) is 81.4 cm³/mol. The molecule has 0 aliphatic rings. The van der Waals surface area contributed by atoms with Crippen LogP contribution < -0.4 is 11.1 Å². The third-order valence-electron chi connectivity index (χ3n) is 2.72. The molecule has 0 heterocycles. The highest BCUT2D eigenvalue weighted by Crippen LogP contribution is 2.22. The van der Waals surface area contributed by atoms with E-state index in [9.17, 15) is 9.18 Å². The van der Waals surface area contributed by atoms with E-state index in [1.165, 1.54) is 18.2 Å². The predicted octanol–water partition coefficient (Wildman–Crippen LogP) is 3.95. The minimum atomic E-state index is -0.799. The highest BCUT2D eigenvalue weighted by molar-refractivity contribution is 9.10. The molecule has 0 radical (unpaired) electrons. The molecule has 2 aromatic carbocycles. The number of halogens is 3. The number of hydrogen-bond donors (Lipinski definition) is 2. The molecule has 20 heavy (non-hydrogen) atoms. The first kappa shape index (κ1) is 14.8. The number of carbonyl (C=O) groups is 1. The molecular weight excluding hydrogens is 347 g/mol. The number of nitrogens with two attached hydrogens (primary N) is 1. The third kappa shape index (κ3) is 3.49. The van der Waals surface area contributed by atoms with Gasteiger partial charge in [0.25, 0.3) is 5.91 Å². The van der Waals surface area contributed by atoms with Crippen molar-refractivity contribution >= 4 is 39.1 Å².